The summed E-state index contributed by atoms with van der Waals surface area (Å²) < 4.78 is 31.3. The first-order valence-electron chi connectivity index (χ1n) is 15.4. The Morgan fingerprint density at radius 2 is 1.07 bits per heavy atom. The van der Waals surface area contributed by atoms with Gasteiger partial charge in [0.25, 0.3) is 0 Å². The van der Waals surface area contributed by atoms with E-state index in [-0.39, 0.29) is 10.8 Å². The van der Waals surface area contributed by atoms with Crippen LogP contribution in [0.3, 0.4) is 0 Å². The predicted molar refractivity (Wildman–Crippen MR) is 168 cm³/mol. The van der Waals surface area contributed by atoms with Gasteiger partial charge >= 0.3 is 0 Å². The number of fused-ring (bicyclic) bond motifs is 6. The number of unbranched alkanes of at least 4 members (excludes halogenated alkanes) is 2. The molecule has 4 rings (SSSR count). The Bertz CT molecular complexity index is 1130. The van der Waals surface area contributed by atoms with E-state index in [1.807, 2.05) is 0 Å². The molecule has 2 aromatic rings. The van der Waals surface area contributed by atoms with E-state index < -0.39 is 12.6 Å². The van der Waals surface area contributed by atoms with Crippen molar-refractivity contribution in [2.45, 2.75) is 104 Å². The van der Waals surface area contributed by atoms with Crippen LogP contribution in [0.25, 0.3) is 12.2 Å². The van der Waals surface area contributed by atoms with Crippen LogP contribution < -0.4 is 9.47 Å². The monoisotopic (exact) mass is 562 g/mol. The quantitative estimate of drug-likeness (QED) is 0.241. The van der Waals surface area contributed by atoms with E-state index in [0.717, 1.165) is 72.6 Å². The summed E-state index contributed by atoms with van der Waals surface area (Å²) in [5.74, 6) is 1.63. The molecule has 0 radical (unpaired) electrons. The van der Waals surface area contributed by atoms with E-state index in [0.29, 0.717) is 13.2 Å². The molecule has 0 fully saturated rings. The van der Waals surface area contributed by atoms with Crippen molar-refractivity contribution in [1.82, 2.24) is 0 Å². The maximum atomic E-state index is 6.67. The Kier molecular flexibility index (Phi) is 10.4. The molecule has 2 atom stereocenters. The summed E-state index contributed by atoms with van der Waals surface area (Å²) in [6.45, 7) is 20.4. The molecule has 2 aliphatic heterocycles. The molecule has 0 saturated carbocycles. The summed E-state index contributed by atoms with van der Waals surface area (Å²) in [7, 11) is 0. The van der Waals surface area contributed by atoms with E-state index in [1.165, 1.54) is 11.1 Å². The van der Waals surface area contributed by atoms with Crippen LogP contribution >= 0.6 is 0 Å². The minimum absolute atomic E-state index is 0.0497. The fourth-order valence-corrected chi connectivity index (χ4v) is 4.89. The zero-order chi connectivity index (χ0) is 29.6. The SMILES string of the molecule is CCCCOCC=Cc1cc(C(C)(C)C)cc2c1OC1OC2Oc2c(C=CCOCCCC)cc(C(C)(C)C)cc21. The first kappa shape index (κ1) is 31.3. The molecule has 0 aliphatic carbocycles. The summed E-state index contributed by atoms with van der Waals surface area (Å²) in [6, 6.07) is 8.80. The van der Waals surface area contributed by atoms with Crippen LogP contribution in [0, 0.1) is 0 Å². The second-order valence-corrected chi connectivity index (χ2v) is 13.2. The van der Waals surface area contributed by atoms with Crippen LogP contribution in [0.2, 0.25) is 0 Å². The van der Waals surface area contributed by atoms with Gasteiger partial charge in [0, 0.05) is 24.3 Å². The van der Waals surface area contributed by atoms with Crippen molar-refractivity contribution in [3.63, 3.8) is 0 Å². The molecule has 0 spiro atoms. The van der Waals surface area contributed by atoms with Crippen molar-refractivity contribution >= 4 is 12.2 Å². The Balaban J connectivity index is 1.70. The van der Waals surface area contributed by atoms with Crippen molar-refractivity contribution in [3.8, 4) is 11.5 Å². The molecule has 5 heteroatoms. The number of hydrogen-bond acceptors (Lipinski definition) is 5. The first-order valence-corrected chi connectivity index (χ1v) is 15.4. The Hall–Kier alpha value is -2.60. The highest BCUT2D eigenvalue weighted by Crippen LogP contribution is 2.52. The number of ether oxygens (including phenoxy) is 5. The fraction of sp³-hybridized carbons (Fsp3) is 0.556. The summed E-state index contributed by atoms with van der Waals surface area (Å²) in [5.41, 5.74) is 6.19. The average molecular weight is 563 g/mol. The number of hydrogen-bond donors (Lipinski definition) is 0. The molecule has 2 aromatic carbocycles. The largest absolute Gasteiger partial charge is 0.459 e. The van der Waals surface area contributed by atoms with Crippen molar-refractivity contribution in [2.24, 2.45) is 0 Å². The molecule has 5 nitrogen and oxygen atoms in total. The highest BCUT2D eigenvalue weighted by molar-refractivity contribution is 5.66. The maximum absolute atomic E-state index is 6.67. The highest BCUT2D eigenvalue weighted by Gasteiger charge is 2.41. The lowest BCUT2D eigenvalue weighted by Crippen LogP contribution is -2.32. The minimum atomic E-state index is -0.556. The topological polar surface area (TPSA) is 46.2 Å². The third-order valence-corrected chi connectivity index (χ3v) is 7.54. The van der Waals surface area contributed by atoms with Crippen LogP contribution in [-0.4, -0.2) is 26.4 Å². The lowest BCUT2D eigenvalue weighted by molar-refractivity contribution is -0.227. The van der Waals surface area contributed by atoms with Crippen LogP contribution in [0.5, 0.6) is 11.5 Å². The van der Waals surface area contributed by atoms with Crippen molar-refractivity contribution in [3.05, 3.63) is 69.8 Å². The van der Waals surface area contributed by atoms with E-state index in [1.54, 1.807) is 0 Å². The average Bonchev–Trinajstić information content (AvgIpc) is 2.91. The zero-order valence-corrected chi connectivity index (χ0v) is 26.5. The second kappa shape index (κ2) is 13.6. The lowest BCUT2D eigenvalue weighted by atomic mass is 9.83. The molecular weight excluding hydrogens is 512 g/mol. The van der Waals surface area contributed by atoms with Crippen LogP contribution in [0.4, 0.5) is 0 Å². The van der Waals surface area contributed by atoms with E-state index in [4.69, 9.17) is 23.7 Å². The van der Waals surface area contributed by atoms with Gasteiger partial charge in [-0.1, -0.05) is 92.5 Å². The van der Waals surface area contributed by atoms with Crippen molar-refractivity contribution < 1.29 is 23.7 Å². The summed E-state index contributed by atoms with van der Waals surface area (Å²) in [4.78, 5) is 0. The van der Waals surface area contributed by atoms with E-state index in [2.05, 4.69) is 104 Å². The summed E-state index contributed by atoms with van der Waals surface area (Å²) in [5, 5.41) is 0. The van der Waals surface area contributed by atoms with Crippen molar-refractivity contribution in [1.29, 1.82) is 0 Å². The molecule has 2 aliphatic rings. The standard InChI is InChI=1S/C36H50O5/c1-9-11-17-37-19-13-15-25-21-27(35(3,4)5)23-29-31(25)39-34-30-24-28(36(6,7)8)22-26(32(30)40-33(29)41-34)16-14-20-38-18-12-10-2/h13-16,21-24,33-34H,9-12,17-20H2,1-8H3. The second-order valence-electron chi connectivity index (χ2n) is 13.2. The third kappa shape index (κ3) is 7.82. The molecule has 0 amide bonds. The molecule has 0 aromatic heterocycles. The van der Waals surface area contributed by atoms with Gasteiger partial charge in [-0.25, -0.2) is 0 Å². The first-order chi connectivity index (χ1) is 19.5. The van der Waals surface area contributed by atoms with Gasteiger partial charge in [-0.3, -0.25) is 4.74 Å². The van der Waals surface area contributed by atoms with E-state index >= 15 is 0 Å². The van der Waals surface area contributed by atoms with Gasteiger partial charge in [0.15, 0.2) is 0 Å². The zero-order valence-electron chi connectivity index (χ0n) is 26.5. The Morgan fingerprint density at radius 1 is 0.659 bits per heavy atom. The molecule has 2 unspecified atom stereocenters. The molecule has 0 N–H and O–H groups in total. The minimum Gasteiger partial charge on any atom is -0.459 e. The molecule has 2 bridgehead atoms. The Labute approximate surface area is 247 Å². The van der Waals surface area contributed by atoms with Gasteiger partial charge < -0.3 is 18.9 Å². The normalized spacial score (nSPS) is 18.3. The molecule has 224 valence electrons. The fourth-order valence-electron chi connectivity index (χ4n) is 4.89. The van der Waals surface area contributed by atoms with Crippen LogP contribution in [0.1, 0.15) is 127 Å². The van der Waals surface area contributed by atoms with Gasteiger partial charge in [-0.05, 0) is 59.1 Å². The van der Waals surface area contributed by atoms with Crippen LogP contribution in [-0.2, 0) is 25.0 Å². The number of benzene rings is 2. The molecule has 0 saturated heterocycles. The van der Waals surface area contributed by atoms with Crippen LogP contribution in [0.15, 0.2) is 36.4 Å². The highest BCUT2D eigenvalue weighted by atomic mass is 16.8. The predicted octanol–water partition coefficient (Wildman–Crippen LogP) is 9.44. The van der Waals surface area contributed by atoms with E-state index in [9.17, 15) is 0 Å². The number of rotatable bonds is 12. The van der Waals surface area contributed by atoms with Gasteiger partial charge in [-0.15, -0.1) is 0 Å². The van der Waals surface area contributed by atoms with Gasteiger partial charge in [-0.2, -0.15) is 0 Å². The van der Waals surface area contributed by atoms with Gasteiger partial charge in [0.2, 0.25) is 12.6 Å². The Morgan fingerprint density at radius 3 is 1.44 bits per heavy atom. The third-order valence-electron chi connectivity index (χ3n) is 7.54. The smallest absolute Gasteiger partial charge is 0.233 e. The summed E-state index contributed by atoms with van der Waals surface area (Å²) in [6.07, 6.45) is 11.7. The molecule has 41 heavy (non-hydrogen) atoms. The molecular formula is C36H50O5. The lowest BCUT2D eigenvalue weighted by Gasteiger charge is -2.40. The maximum Gasteiger partial charge on any atom is 0.233 e. The summed E-state index contributed by atoms with van der Waals surface area (Å²) >= 11 is 0. The molecule has 2 heterocycles. The van der Waals surface area contributed by atoms with Crippen molar-refractivity contribution in [2.75, 3.05) is 26.4 Å². The van der Waals surface area contributed by atoms with Gasteiger partial charge in [0.1, 0.15) is 11.5 Å². The van der Waals surface area contributed by atoms with Gasteiger partial charge in [0.05, 0.1) is 24.3 Å².